The molecular weight excluding hydrogens is 571 g/mol. The van der Waals surface area contributed by atoms with Crippen LogP contribution in [0.15, 0.2) is 83.8 Å². The molecule has 1 amide bonds. The SMILES string of the molecule is CCN(C(=O)Cc1ccc(S(C)(=O)=O)cc1)C1CCN(CCC(c2ccccc2)c2ccc(NS(C)(=O)=O)cc2)CC1. The number of sulfonamides is 1. The van der Waals surface area contributed by atoms with Gasteiger partial charge in [-0.1, -0.05) is 54.6 Å². The number of benzene rings is 3. The third-order valence-electron chi connectivity index (χ3n) is 7.92. The molecule has 226 valence electrons. The number of hydrogen-bond acceptors (Lipinski definition) is 6. The lowest BCUT2D eigenvalue weighted by Crippen LogP contribution is -2.48. The van der Waals surface area contributed by atoms with Crippen LogP contribution in [-0.4, -0.2) is 77.3 Å². The van der Waals surface area contributed by atoms with E-state index in [1.807, 2.05) is 54.3 Å². The molecule has 0 aromatic heterocycles. The van der Waals surface area contributed by atoms with Gasteiger partial charge in [0.15, 0.2) is 9.84 Å². The molecule has 42 heavy (non-hydrogen) atoms. The monoisotopic (exact) mass is 611 g/mol. The van der Waals surface area contributed by atoms with Crippen LogP contribution in [0, 0.1) is 0 Å². The lowest BCUT2D eigenvalue weighted by Gasteiger charge is -2.38. The minimum absolute atomic E-state index is 0.0704. The average molecular weight is 612 g/mol. The van der Waals surface area contributed by atoms with E-state index in [0.29, 0.717) is 12.2 Å². The Morgan fingerprint density at radius 1 is 0.881 bits per heavy atom. The van der Waals surface area contributed by atoms with Crippen molar-refractivity contribution < 1.29 is 21.6 Å². The summed E-state index contributed by atoms with van der Waals surface area (Å²) in [5.41, 5.74) is 3.73. The molecule has 1 aliphatic heterocycles. The number of piperidine rings is 1. The van der Waals surface area contributed by atoms with Crippen molar-refractivity contribution >= 4 is 31.5 Å². The summed E-state index contributed by atoms with van der Waals surface area (Å²) in [6, 6.07) is 24.8. The summed E-state index contributed by atoms with van der Waals surface area (Å²) in [6.45, 7) is 5.40. The molecule has 10 heteroatoms. The number of carbonyl (C=O) groups excluding carboxylic acids is 1. The summed E-state index contributed by atoms with van der Waals surface area (Å²) in [7, 11) is -6.59. The smallest absolute Gasteiger partial charge is 0.229 e. The van der Waals surface area contributed by atoms with E-state index >= 15 is 0 Å². The Kier molecular flexibility index (Phi) is 10.5. The highest BCUT2D eigenvalue weighted by Crippen LogP contribution is 2.30. The first kappa shape index (κ1) is 31.7. The zero-order valence-electron chi connectivity index (χ0n) is 24.6. The number of amides is 1. The van der Waals surface area contributed by atoms with Crippen molar-refractivity contribution in [3.8, 4) is 0 Å². The lowest BCUT2D eigenvalue weighted by atomic mass is 9.88. The zero-order chi connectivity index (χ0) is 30.3. The van der Waals surface area contributed by atoms with Gasteiger partial charge in [0.1, 0.15) is 0 Å². The Labute approximate surface area is 250 Å². The van der Waals surface area contributed by atoms with Crippen LogP contribution in [0.25, 0.3) is 0 Å². The van der Waals surface area contributed by atoms with Crippen LogP contribution in [0.3, 0.4) is 0 Å². The van der Waals surface area contributed by atoms with E-state index in [0.717, 1.165) is 56.3 Å². The van der Waals surface area contributed by atoms with Crippen LogP contribution in [0.5, 0.6) is 0 Å². The number of anilines is 1. The number of nitrogens with one attached hydrogen (secondary N) is 1. The van der Waals surface area contributed by atoms with E-state index < -0.39 is 19.9 Å². The average Bonchev–Trinajstić information content (AvgIpc) is 2.95. The molecule has 3 aromatic rings. The molecule has 1 saturated heterocycles. The Morgan fingerprint density at radius 2 is 1.48 bits per heavy atom. The number of likely N-dealkylation sites (tertiary alicyclic amines) is 1. The van der Waals surface area contributed by atoms with Crippen molar-refractivity contribution in [2.75, 3.05) is 43.4 Å². The number of hydrogen-bond donors (Lipinski definition) is 1. The lowest BCUT2D eigenvalue weighted by molar-refractivity contribution is -0.133. The van der Waals surface area contributed by atoms with Crippen molar-refractivity contribution in [1.82, 2.24) is 9.80 Å². The molecule has 3 aromatic carbocycles. The topological polar surface area (TPSA) is 104 Å². The zero-order valence-corrected chi connectivity index (χ0v) is 26.2. The van der Waals surface area contributed by atoms with Gasteiger partial charge in [0.2, 0.25) is 15.9 Å². The largest absolute Gasteiger partial charge is 0.340 e. The van der Waals surface area contributed by atoms with E-state index in [9.17, 15) is 21.6 Å². The summed E-state index contributed by atoms with van der Waals surface area (Å²) in [5, 5.41) is 0. The highest BCUT2D eigenvalue weighted by molar-refractivity contribution is 7.92. The molecule has 1 atom stereocenters. The molecule has 0 aliphatic carbocycles. The third kappa shape index (κ3) is 8.89. The third-order valence-corrected chi connectivity index (χ3v) is 9.65. The van der Waals surface area contributed by atoms with Gasteiger partial charge in [0.25, 0.3) is 0 Å². The van der Waals surface area contributed by atoms with Crippen molar-refractivity contribution in [3.05, 3.63) is 95.6 Å². The minimum Gasteiger partial charge on any atom is -0.340 e. The fourth-order valence-corrected chi connectivity index (χ4v) is 6.94. The molecule has 1 heterocycles. The van der Waals surface area contributed by atoms with Crippen molar-refractivity contribution in [3.63, 3.8) is 0 Å². The summed E-state index contributed by atoms with van der Waals surface area (Å²) in [5.74, 6) is 0.250. The molecule has 0 saturated carbocycles. The Bertz CT molecular complexity index is 1530. The van der Waals surface area contributed by atoms with E-state index in [4.69, 9.17) is 0 Å². The normalized spacial score (nSPS) is 15.7. The number of nitrogens with zero attached hydrogens (tertiary/aromatic N) is 2. The first-order valence-electron chi connectivity index (χ1n) is 14.4. The Hall–Kier alpha value is -3.21. The van der Waals surface area contributed by atoms with Gasteiger partial charge in [-0.2, -0.15) is 0 Å². The van der Waals surface area contributed by atoms with Crippen LogP contribution in [0.4, 0.5) is 5.69 Å². The van der Waals surface area contributed by atoms with E-state index in [2.05, 4.69) is 21.8 Å². The second-order valence-corrected chi connectivity index (χ2v) is 14.9. The van der Waals surface area contributed by atoms with Gasteiger partial charge in [-0.15, -0.1) is 0 Å². The second kappa shape index (κ2) is 13.8. The van der Waals surface area contributed by atoms with Crippen LogP contribution in [0.2, 0.25) is 0 Å². The number of rotatable bonds is 12. The molecule has 4 rings (SSSR count). The maximum Gasteiger partial charge on any atom is 0.229 e. The Morgan fingerprint density at radius 3 is 2.02 bits per heavy atom. The summed E-state index contributed by atoms with van der Waals surface area (Å²) in [4.78, 5) is 17.9. The molecule has 0 bridgehead atoms. The summed E-state index contributed by atoms with van der Waals surface area (Å²) >= 11 is 0. The number of sulfone groups is 1. The van der Waals surface area contributed by atoms with Gasteiger partial charge in [-0.25, -0.2) is 16.8 Å². The highest BCUT2D eigenvalue weighted by atomic mass is 32.2. The van der Waals surface area contributed by atoms with Gasteiger partial charge in [0, 0.05) is 43.5 Å². The minimum atomic E-state index is -3.33. The number of likely N-dealkylation sites (N-methyl/N-ethyl adjacent to an activating group) is 1. The van der Waals surface area contributed by atoms with Gasteiger partial charge in [-0.05, 0) is 73.7 Å². The maximum absolute atomic E-state index is 13.2. The predicted molar refractivity (Wildman–Crippen MR) is 168 cm³/mol. The molecular formula is C32H41N3O5S2. The van der Waals surface area contributed by atoms with Crippen LogP contribution in [0.1, 0.15) is 48.8 Å². The standard InChI is InChI=1S/C32H41N3O5S2/c1-4-35(32(36)24-25-10-16-30(17-11-25)41(2,37)38)29-18-21-34(22-19-29)23-20-31(26-8-6-5-7-9-26)27-12-14-28(15-13-27)33-42(3,39)40/h5-17,29,31,33H,4,18-24H2,1-3H3. The van der Waals surface area contributed by atoms with Gasteiger partial charge in [-0.3, -0.25) is 9.52 Å². The fourth-order valence-electron chi connectivity index (χ4n) is 5.74. The van der Waals surface area contributed by atoms with E-state index in [1.54, 1.807) is 24.3 Å². The molecule has 1 unspecified atom stereocenters. The molecule has 1 N–H and O–H groups in total. The highest BCUT2D eigenvalue weighted by Gasteiger charge is 2.27. The van der Waals surface area contributed by atoms with Gasteiger partial charge in [0.05, 0.1) is 17.6 Å². The molecule has 1 fully saturated rings. The van der Waals surface area contributed by atoms with Gasteiger partial charge < -0.3 is 9.80 Å². The molecule has 1 aliphatic rings. The molecule has 0 radical (unpaired) electrons. The van der Waals surface area contributed by atoms with E-state index in [-0.39, 0.29) is 29.2 Å². The van der Waals surface area contributed by atoms with Crippen molar-refractivity contribution in [1.29, 1.82) is 0 Å². The summed E-state index contributed by atoms with van der Waals surface area (Å²) < 4.78 is 49.2. The molecule has 8 nitrogen and oxygen atoms in total. The van der Waals surface area contributed by atoms with Crippen LogP contribution in [-0.2, 0) is 31.1 Å². The fraction of sp³-hybridized carbons (Fsp3) is 0.406. The van der Waals surface area contributed by atoms with Crippen LogP contribution < -0.4 is 4.72 Å². The Balaban J connectivity index is 1.34. The quantitative estimate of drug-likeness (QED) is 0.323. The van der Waals surface area contributed by atoms with Crippen LogP contribution >= 0.6 is 0 Å². The van der Waals surface area contributed by atoms with Gasteiger partial charge >= 0.3 is 0 Å². The second-order valence-electron chi connectivity index (χ2n) is 11.1. The molecule has 0 spiro atoms. The number of carbonyl (C=O) groups is 1. The first-order valence-corrected chi connectivity index (χ1v) is 18.1. The first-order chi connectivity index (χ1) is 19.9. The van der Waals surface area contributed by atoms with Crippen molar-refractivity contribution in [2.24, 2.45) is 0 Å². The van der Waals surface area contributed by atoms with E-state index in [1.165, 1.54) is 11.8 Å². The predicted octanol–water partition coefficient (Wildman–Crippen LogP) is 4.54. The maximum atomic E-state index is 13.2. The van der Waals surface area contributed by atoms with Crippen molar-refractivity contribution in [2.45, 2.75) is 49.5 Å². The summed E-state index contributed by atoms with van der Waals surface area (Å²) in [6.07, 6.45) is 5.33.